The maximum absolute atomic E-state index is 5.89. The van der Waals surface area contributed by atoms with Gasteiger partial charge in [0, 0.05) is 18.0 Å². The Morgan fingerprint density at radius 2 is 2.21 bits per heavy atom. The highest BCUT2D eigenvalue weighted by Crippen LogP contribution is 2.33. The lowest BCUT2D eigenvalue weighted by Crippen LogP contribution is -2.14. The number of nitrogens with two attached hydrogens (primary N) is 1. The molecule has 2 atom stereocenters. The third-order valence-electron chi connectivity index (χ3n) is 3.34. The number of aromatic nitrogens is 4. The van der Waals surface area contributed by atoms with Crippen molar-refractivity contribution in [1.82, 2.24) is 20.3 Å². The van der Waals surface area contributed by atoms with E-state index in [-0.39, 0.29) is 12.0 Å². The van der Waals surface area contributed by atoms with Crippen LogP contribution in [0.25, 0.3) is 11.5 Å². The van der Waals surface area contributed by atoms with Gasteiger partial charge in [0.2, 0.25) is 17.6 Å². The smallest absolute Gasteiger partial charge is 0.233 e. The second-order valence-electron chi connectivity index (χ2n) is 4.69. The molecule has 2 N–H and O–H groups in total. The molecule has 7 nitrogen and oxygen atoms in total. The standard InChI is InChI=1S/C12H15N5O2/c1-18-10-5-4-9(15-16-10)11-14-12(19-17-11)7-2-3-8(13)6-7/h4-5,7-8H,2-3,6,13H2,1H3/t7-,8+/m1/s1. The lowest BCUT2D eigenvalue weighted by molar-refractivity contribution is 0.353. The van der Waals surface area contributed by atoms with Gasteiger partial charge >= 0.3 is 0 Å². The van der Waals surface area contributed by atoms with E-state index in [0.29, 0.717) is 23.3 Å². The van der Waals surface area contributed by atoms with Gasteiger partial charge in [-0.3, -0.25) is 0 Å². The molecule has 1 fully saturated rings. The number of hydrogen-bond donors (Lipinski definition) is 1. The predicted molar refractivity (Wildman–Crippen MR) is 66.4 cm³/mol. The molecule has 2 aromatic rings. The third kappa shape index (κ3) is 2.41. The molecule has 0 radical (unpaired) electrons. The molecule has 0 spiro atoms. The molecule has 0 aromatic carbocycles. The Morgan fingerprint density at radius 1 is 1.32 bits per heavy atom. The molecular weight excluding hydrogens is 246 g/mol. The molecule has 0 amide bonds. The van der Waals surface area contributed by atoms with E-state index in [2.05, 4.69) is 20.3 Å². The topological polar surface area (TPSA) is 100.0 Å². The fraction of sp³-hybridized carbons (Fsp3) is 0.500. The van der Waals surface area contributed by atoms with Crippen LogP contribution in [0, 0.1) is 0 Å². The Kier molecular flexibility index (Phi) is 3.12. The normalized spacial score (nSPS) is 22.6. The molecule has 1 aliphatic carbocycles. The van der Waals surface area contributed by atoms with E-state index in [0.717, 1.165) is 19.3 Å². The van der Waals surface area contributed by atoms with E-state index in [1.807, 2.05) is 0 Å². The zero-order valence-electron chi connectivity index (χ0n) is 10.6. The molecule has 2 heterocycles. The van der Waals surface area contributed by atoms with Crippen molar-refractivity contribution >= 4 is 0 Å². The summed E-state index contributed by atoms with van der Waals surface area (Å²) in [5, 5.41) is 11.8. The summed E-state index contributed by atoms with van der Waals surface area (Å²) in [7, 11) is 1.54. The predicted octanol–water partition coefficient (Wildman–Crippen LogP) is 1.13. The van der Waals surface area contributed by atoms with Crippen molar-refractivity contribution in [2.24, 2.45) is 5.73 Å². The third-order valence-corrected chi connectivity index (χ3v) is 3.34. The second kappa shape index (κ2) is 4.93. The first kappa shape index (κ1) is 12.0. The summed E-state index contributed by atoms with van der Waals surface area (Å²) < 4.78 is 10.2. The van der Waals surface area contributed by atoms with E-state index < -0.39 is 0 Å². The molecule has 100 valence electrons. The van der Waals surface area contributed by atoms with Crippen LogP contribution in [-0.2, 0) is 0 Å². The maximum atomic E-state index is 5.89. The Morgan fingerprint density at radius 3 is 2.84 bits per heavy atom. The summed E-state index contributed by atoms with van der Waals surface area (Å²) in [6, 6.07) is 3.70. The van der Waals surface area contributed by atoms with Crippen LogP contribution in [0.4, 0.5) is 0 Å². The van der Waals surface area contributed by atoms with Crippen molar-refractivity contribution in [2.75, 3.05) is 7.11 Å². The molecule has 1 saturated carbocycles. The molecule has 0 saturated heterocycles. The Bertz CT molecular complexity index is 554. The van der Waals surface area contributed by atoms with Crippen molar-refractivity contribution in [3.05, 3.63) is 18.0 Å². The molecule has 0 unspecified atom stereocenters. The van der Waals surface area contributed by atoms with Crippen LogP contribution in [0.15, 0.2) is 16.7 Å². The first-order chi connectivity index (χ1) is 9.26. The Labute approximate surface area is 110 Å². The molecule has 1 aliphatic rings. The van der Waals surface area contributed by atoms with Gasteiger partial charge in [-0.1, -0.05) is 5.16 Å². The van der Waals surface area contributed by atoms with Gasteiger partial charge in [0.05, 0.1) is 7.11 Å². The quantitative estimate of drug-likeness (QED) is 0.883. The van der Waals surface area contributed by atoms with Crippen LogP contribution >= 0.6 is 0 Å². The highest BCUT2D eigenvalue weighted by Gasteiger charge is 2.28. The Hall–Kier alpha value is -2.02. The minimum absolute atomic E-state index is 0.237. The molecular formula is C12H15N5O2. The monoisotopic (exact) mass is 261 g/mol. The lowest BCUT2D eigenvalue weighted by Gasteiger charge is -2.01. The summed E-state index contributed by atoms with van der Waals surface area (Å²) in [4.78, 5) is 4.38. The number of hydrogen-bond acceptors (Lipinski definition) is 7. The first-order valence-electron chi connectivity index (χ1n) is 6.23. The largest absolute Gasteiger partial charge is 0.480 e. The van der Waals surface area contributed by atoms with Gasteiger partial charge in [-0.05, 0) is 25.3 Å². The first-order valence-corrected chi connectivity index (χ1v) is 6.23. The van der Waals surface area contributed by atoms with Gasteiger partial charge in [-0.15, -0.1) is 10.2 Å². The van der Waals surface area contributed by atoms with Gasteiger partial charge in [0.15, 0.2) is 0 Å². The highest BCUT2D eigenvalue weighted by atomic mass is 16.5. The van der Waals surface area contributed by atoms with Crippen LogP contribution in [-0.4, -0.2) is 33.5 Å². The van der Waals surface area contributed by atoms with Crippen molar-refractivity contribution in [2.45, 2.75) is 31.2 Å². The highest BCUT2D eigenvalue weighted by molar-refractivity contribution is 5.47. The fourth-order valence-electron chi connectivity index (χ4n) is 2.29. The number of ether oxygens (including phenoxy) is 1. The summed E-state index contributed by atoms with van der Waals surface area (Å²) in [6.07, 6.45) is 2.90. The molecule has 19 heavy (non-hydrogen) atoms. The summed E-state index contributed by atoms with van der Waals surface area (Å²) in [6.45, 7) is 0. The van der Waals surface area contributed by atoms with Crippen LogP contribution in [0.3, 0.4) is 0 Å². The van der Waals surface area contributed by atoms with Crippen LogP contribution in [0.2, 0.25) is 0 Å². The fourth-order valence-corrected chi connectivity index (χ4v) is 2.29. The van der Waals surface area contributed by atoms with Gasteiger partial charge in [-0.2, -0.15) is 4.98 Å². The molecule has 7 heteroatoms. The van der Waals surface area contributed by atoms with Crippen LogP contribution in [0.5, 0.6) is 5.88 Å². The summed E-state index contributed by atoms with van der Waals surface area (Å²) in [5.41, 5.74) is 6.45. The van der Waals surface area contributed by atoms with Gasteiger partial charge < -0.3 is 15.0 Å². The zero-order valence-corrected chi connectivity index (χ0v) is 10.6. The molecule has 0 aliphatic heterocycles. The van der Waals surface area contributed by atoms with Crippen molar-refractivity contribution in [3.8, 4) is 17.4 Å². The van der Waals surface area contributed by atoms with Crippen molar-refractivity contribution in [1.29, 1.82) is 0 Å². The summed E-state index contributed by atoms with van der Waals surface area (Å²) in [5.74, 6) is 1.81. The maximum Gasteiger partial charge on any atom is 0.233 e. The summed E-state index contributed by atoms with van der Waals surface area (Å²) >= 11 is 0. The zero-order chi connectivity index (χ0) is 13.2. The number of nitrogens with zero attached hydrogens (tertiary/aromatic N) is 4. The molecule has 2 aromatic heterocycles. The minimum Gasteiger partial charge on any atom is -0.480 e. The Balaban J connectivity index is 1.80. The van der Waals surface area contributed by atoms with Gasteiger partial charge in [0.1, 0.15) is 5.69 Å². The van der Waals surface area contributed by atoms with Crippen molar-refractivity contribution in [3.63, 3.8) is 0 Å². The van der Waals surface area contributed by atoms with E-state index in [4.69, 9.17) is 15.0 Å². The lowest BCUT2D eigenvalue weighted by atomic mass is 10.1. The van der Waals surface area contributed by atoms with Crippen molar-refractivity contribution < 1.29 is 9.26 Å². The second-order valence-corrected chi connectivity index (χ2v) is 4.69. The van der Waals surface area contributed by atoms with E-state index in [1.165, 1.54) is 0 Å². The SMILES string of the molecule is COc1ccc(-c2noc([C@@H]3CC[C@H](N)C3)n2)nn1. The molecule has 0 bridgehead atoms. The number of methoxy groups -OCH3 is 1. The van der Waals surface area contributed by atoms with E-state index in [9.17, 15) is 0 Å². The average Bonchev–Trinajstić information content (AvgIpc) is 3.07. The number of rotatable bonds is 3. The van der Waals surface area contributed by atoms with E-state index in [1.54, 1.807) is 19.2 Å². The van der Waals surface area contributed by atoms with Gasteiger partial charge in [0.25, 0.3) is 0 Å². The molecule has 3 rings (SSSR count). The van der Waals surface area contributed by atoms with E-state index >= 15 is 0 Å². The van der Waals surface area contributed by atoms with Gasteiger partial charge in [-0.25, -0.2) is 0 Å². The minimum atomic E-state index is 0.237. The average molecular weight is 261 g/mol. The van der Waals surface area contributed by atoms with Crippen LogP contribution in [0.1, 0.15) is 31.1 Å². The van der Waals surface area contributed by atoms with Crippen LogP contribution < -0.4 is 10.5 Å².